The van der Waals surface area contributed by atoms with E-state index in [-0.39, 0.29) is 6.61 Å². The van der Waals surface area contributed by atoms with Gasteiger partial charge < -0.3 is 23.7 Å². The summed E-state index contributed by atoms with van der Waals surface area (Å²) in [5.74, 6) is -0.866. The van der Waals surface area contributed by atoms with Crippen LogP contribution in [-0.4, -0.2) is 93.6 Å². The van der Waals surface area contributed by atoms with Gasteiger partial charge in [-0.05, 0) is 24.3 Å². The van der Waals surface area contributed by atoms with E-state index in [4.69, 9.17) is 9.47 Å². The summed E-state index contributed by atoms with van der Waals surface area (Å²) in [6, 6.07) is 7.48. The molecule has 2 aliphatic rings. The van der Waals surface area contributed by atoms with Crippen LogP contribution in [0.4, 0.5) is 0 Å². The van der Waals surface area contributed by atoms with Crippen molar-refractivity contribution in [3.05, 3.63) is 60.2 Å². The lowest BCUT2D eigenvalue weighted by Gasteiger charge is -2.21. The van der Waals surface area contributed by atoms with Gasteiger partial charge >= 0.3 is 0 Å². The number of hydrogen-bond acceptors (Lipinski definition) is 8. The van der Waals surface area contributed by atoms with Crippen LogP contribution < -0.4 is 5.32 Å². The maximum absolute atomic E-state index is 13.3. The fraction of sp³-hybridized carbons (Fsp3) is 0.357. The van der Waals surface area contributed by atoms with Crippen LogP contribution in [0.25, 0.3) is 33.2 Å². The van der Waals surface area contributed by atoms with Crippen LogP contribution in [0.3, 0.4) is 0 Å². The molecular weight excluding hydrogens is 500 g/mol. The molecular formula is C28H30N6O5. The van der Waals surface area contributed by atoms with Gasteiger partial charge in [-0.1, -0.05) is 0 Å². The minimum atomic E-state index is -0.433. The minimum absolute atomic E-state index is 0.0670. The maximum Gasteiger partial charge on any atom is 0.259 e. The molecule has 202 valence electrons. The molecule has 11 nitrogen and oxygen atoms in total. The lowest BCUT2D eigenvalue weighted by Crippen LogP contribution is -2.34. The molecule has 2 amide bonds. The number of nitrogens with zero attached hydrogens (tertiary/aromatic N) is 5. The zero-order valence-corrected chi connectivity index (χ0v) is 21.5. The van der Waals surface area contributed by atoms with Crippen molar-refractivity contribution in [2.24, 2.45) is 0 Å². The number of hydrogen-bond donors (Lipinski definition) is 2. The van der Waals surface area contributed by atoms with Gasteiger partial charge in [0.25, 0.3) is 11.8 Å². The number of aliphatic hydroxyl groups excluding tert-OH is 1. The summed E-state index contributed by atoms with van der Waals surface area (Å²) in [5, 5.41) is 13.5. The molecule has 39 heavy (non-hydrogen) atoms. The molecule has 4 aromatic heterocycles. The Morgan fingerprint density at radius 3 is 1.74 bits per heavy atom. The molecule has 2 N–H and O–H groups in total. The van der Waals surface area contributed by atoms with E-state index < -0.39 is 11.8 Å². The van der Waals surface area contributed by atoms with Gasteiger partial charge in [-0.2, -0.15) is 0 Å². The van der Waals surface area contributed by atoms with Crippen LogP contribution in [0, 0.1) is 0 Å². The number of carbonyl (C=O) groups is 2. The predicted molar refractivity (Wildman–Crippen MR) is 145 cm³/mol. The number of aromatic nitrogens is 4. The second kappa shape index (κ2) is 11.1. The van der Waals surface area contributed by atoms with Crippen molar-refractivity contribution in [3.63, 3.8) is 0 Å². The highest BCUT2D eigenvalue weighted by atomic mass is 16.5. The Kier molecular flexibility index (Phi) is 7.20. The van der Waals surface area contributed by atoms with E-state index in [9.17, 15) is 14.7 Å². The molecule has 6 heterocycles. The third kappa shape index (κ3) is 4.85. The smallest absolute Gasteiger partial charge is 0.259 e. The zero-order chi connectivity index (χ0) is 26.8. The first kappa shape index (κ1) is 25.4. The number of β-amino-alcohol motifs (C(OH)–C–C–N with tert-alkyl or cyclic N) is 1. The molecule has 0 atom stereocenters. The van der Waals surface area contributed by atoms with Crippen molar-refractivity contribution in [1.82, 2.24) is 29.3 Å². The highest BCUT2D eigenvalue weighted by molar-refractivity contribution is 6.50. The van der Waals surface area contributed by atoms with E-state index in [0.29, 0.717) is 92.7 Å². The quantitative estimate of drug-likeness (QED) is 0.372. The van der Waals surface area contributed by atoms with Gasteiger partial charge in [-0.3, -0.25) is 19.8 Å². The Morgan fingerprint density at radius 2 is 1.26 bits per heavy atom. The first-order chi connectivity index (χ1) is 19.2. The van der Waals surface area contributed by atoms with Crippen LogP contribution >= 0.6 is 0 Å². The largest absolute Gasteiger partial charge is 0.395 e. The standard InChI is InChI=1S/C28H30N6O5/c35-12-7-32-8-13-38-15-10-33-17-21(19-3-1-5-29-25(19)33)23-24(28(37)31-27(23)36)22-18-34(11-16-39-14-9-32)26-20(22)4-2-6-30-26/h1-6,17-18,35H,7-16H2,(H,31,36,37). The molecule has 0 aliphatic carbocycles. The van der Waals surface area contributed by atoms with Gasteiger partial charge in [0, 0.05) is 79.4 Å². The normalized spacial score (nSPS) is 18.2. The average Bonchev–Trinajstić information content (AvgIpc) is 3.58. The average molecular weight is 531 g/mol. The van der Waals surface area contributed by atoms with Crippen molar-refractivity contribution in [2.75, 3.05) is 52.7 Å². The van der Waals surface area contributed by atoms with Gasteiger partial charge in [-0.15, -0.1) is 0 Å². The molecule has 0 saturated carbocycles. The van der Waals surface area contributed by atoms with E-state index in [2.05, 4.69) is 20.2 Å². The van der Waals surface area contributed by atoms with Crippen LogP contribution in [0.15, 0.2) is 49.1 Å². The van der Waals surface area contributed by atoms with Crippen molar-refractivity contribution < 1.29 is 24.2 Å². The van der Waals surface area contributed by atoms with E-state index >= 15 is 0 Å². The summed E-state index contributed by atoms with van der Waals surface area (Å²) in [6.07, 6.45) is 7.19. The first-order valence-corrected chi connectivity index (χ1v) is 13.1. The second-order valence-electron chi connectivity index (χ2n) is 9.54. The van der Waals surface area contributed by atoms with Crippen LogP contribution in [0.1, 0.15) is 11.1 Å². The third-order valence-electron chi connectivity index (χ3n) is 7.21. The Bertz CT molecular complexity index is 1460. The SMILES string of the molecule is O=C1NC(=O)C2=C1c1cn(c3ncccc13)CCOCCN(CCO)CCOCCn1cc2c2cccnc21. The Labute approximate surface area is 224 Å². The third-order valence-corrected chi connectivity index (χ3v) is 7.21. The number of aliphatic hydroxyl groups is 1. The van der Waals surface area contributed by atoms with Gasteiger partial charge in [0.2, 0.25) is 0 Å². The zero-order valence-electron chi connectivity index (χ0n) is 21.5. The number of imide groups is 1. The van der Waals surface area contributed by atoms with Crippen LogP contribution in [-0.2, 0) is 32.2 Å². The fourth-order valence-corrected chi connectivity index (χ4v) is 5.35. The topological polar surface area (TPSA) is 124 Å². The molecule has 0 unspecified atom stereocenters. The summed E-state index contributed by atoms with van der Waals surface area (Å²) >= 11 is 0. The van der Waals surface area contributed by atoms with E-state index in [1.54, 1.807) is 12.4 Å². The molecule has 0 fully saturated rings. The molecule has 0 spiro atoms. The summed E-state index contributed by atoms with van der Waals surface area (Å²) in [4.78, 5) is 37.8. The summed E-state index contributed by atoms with van der Waals surface area (Å²) < 4.78 is 15.8. The van der Waals surface area contributed by atoms with Crippen LogP contribution in [0.2, 0.25) is 0 Å². The molecule has 0 aromatic carbocycles. The number of amides is 2. The molecule has 4 aromatic rings. The second-order valence-corrected chi connectivity index (χ2v) is 9.54. The van der Waals surface area contributed by atoms with E-state index in [1.807, 2.05) is 45.8 Å². The van der Waals surface area contributed by atoms with Gasteiger partial charge in [0.15, 0.2) is 0 Å². The van der Waals surface area contributed by atoms with Crippen molar-refractivity contribution in [1.29, 1.82) is 0 Å². The molecule has 0 radical (unpaired) electrons. The van der Waals surface area contributed by atoms with Gasteiger partial charge in [-0.25, -0.2) is 9.97 Å². The van der Waals surface area contributed by atoms with Crippen LogP contribution in [0.5, 0.6) is 0 Å². The maximum atomic E-state index is 13.3. The lowest BCUT2D eigenvalue weighted by molar-refractivity contribution is -0.122. The number of rotatable bonds is 2. The summed E-state index contributed by atoms with van der Waals surface area (Å²) in [7, 11) is 0. The van der Waals surface area contributed by atoms with Crippen molar-refractivity contribution in [3.8, 4) is 0 Å². The van der Waals surface area contributed by atoms with Gasteiger partial charge in [0.1, 0.15) is 11.3 Å². The molecule has 4 bridgehead atoms. The highest BCUT2D eigenvalue weighted by Crippen LogP contribution is 2.38. The Hall–Kier alpha value is -3.90. The lowest BCUT2D eigenvalue weighted by atomic mass is 9.96. The fourth-order valence-electron chi connectivity index (χ4n) is 5.35. The first-order valence-electron chi connectivity index (χ1n) is 13.1. The molecule has 0 saturated heterocycles. The molecule has 2 aliphatic heterocycles. The van der Waals surface area contributed by atoms with Crippen molar-refractivity contribution >= 4 is 45.0 Å². The molecule has 11 heteroatoms. The molecule has 6 rings (SSSR count). The number of pyridine rings is 2. The number of carbonyl (C=O) groups excluding carboxylic acids is 2. The number of ether oxygens (including phenoxy) is 2. The predicted octanol–water partition coefficient (Wildman–Crippen LogP) is 1.29. The summed E-state index contributed by atoms with van der Waals surface area (Å²) in [5.41, 5.74) is 3.39. The Morgan fingerprint density at radius 1 is 0.769 bits per heavy atom. The number of nitrogens with one attached hydrogen (secondary N) is 1. The minimum Gasteiger partial charge on any atom is -0.395 e. The van der Waals surface area contributed by atoms with Gasteiger partial charge in [0.05, 0.1) is 44.2 Å². The monoisotopic (exact) mass is 530 g/mol. The van der Waals surface area contributed by atoms with E-state index in [0.717, 1.165) is 10.8 Å². The highest BCUT2D eigenvalue weighted by Gasteiger charge is 2.35. The van der Waals surface area contributed by atoms with Crippen molar-refractivity contribution in [2.45, 2.75) is 13.1 Å². The summed E-state index contributed by atoms with van der Waals surface area (Å²) in [6.45, 7) is 4.92. The number of fused-ring (bicyclic) bond motifs is 12. The Balaban J connectivity index is 1.48. The van der Waals surface area contributed by atoms with E-state index in [1.165, 1.54) is 0 Å².